The van der Waals surface area contributed by atoms with E-state index in [1.54, 1.807) is 30.5 Å². The molecule has 0 saturated heterocycles. The molecule has 0 bridgehead atoms. The number of hydrogen-bond acceptors (Lipinski definition) is 5. The van der Waals surface area contributed by atoms with E-state index in [4.69, 9.17) is 16.1 Å². The van der Waals surface area contributed by atoms with Gasteiger partial charge in [-0.3, -0.25) is 9.79 Å². The van der Waals surface area contributed by atoms with Gasteiger partial charge in [0.15, 0.2) is 5.78 Å². The number of carbonyl (C=O) groups excluding carboxylic acids is 1. The minimum absolute atomic E-state index is 0.0880. The summed E-state index contributed by atoms with van der Waals surface area (Å²) in [6, 6.07) is 12.7. The van der Waals surface area contributed by atoms with Gasteiger partial charge in [-0.1, -0.05) is 28.4 Å². The summed E-state index contributed by atoms with van der Waals surface area (Å²) in [6.45, 7) is 1.94. The van der Waals surface area contributed by atoms with E-state index in [1.807, 2.05) is 25.1 Å². The second-order valence-electron chi connectivity index (χ2n) is 5.60. The number of benzene rings is 2. The third kappa shape index (κ3) is 2.53. The Balaban J connectivity index is 1.68. The lowest BCUT2D eigenvalue weighted by Gasteiger charge is -2.14. The lowest BCUT2D eigenvalue weighted by molar-refractivity contribution is 0.0971. The molecule has 118 valence electrons. The number of Topliss-reactive ketones (excluding diaryl/α,β-unsaturated/α-hetero) is 1. The van der Waals surface area contributed by atoms with Gasteiger partial charge in [-0.2, -0.15) is 4.98 Å². The second kappa shape index (κ2) is 5.69. The lowest BCUT2D eigenvalue weighted by Crippen LogP contribution is -2.18. The summed E-state index contributed by atoms with van der Waals surface area (Å²) in [7, 11) is 0. The Bertz CT molecular complexity index is 961. The first kappa shape index (κ1) is 14.8. The van der Waals surface area contributed by atoms with Crippen molar-refractivity contribution >= 4 is 29.3 Å². The molecule has 0 N–H and O–H groups in total. The Morgan fingerprint density at radius 3 is 2.71 bits per heavy atom. The molecule has 2 aromatic carbocycles. The van der Waals surface area contributed by atoms with Crippen LogP contribution in [0.3, 0.4) is 0 Å². The van der Waals surface area contributed by atoms with Gasteiger partial charge >= 0.3 is 0 Å². The van der Waals surface area contributed by atoms with Crippen LogP contribution in [0.25, 0.3) is 11.4 Å². The zero-order valence-corrected chi connectivity index (χ0v) is 13.5. The topological polar surface area (TPSA) is 68.3 Å². The molecule has 1 aliphatic heterocycles. The van der Waals surface area contributed by atoms with Gasteiger partial charge in [0.1, 0.15) is 5.92 Å². The van der Waals surface area contributed by atoms with Crippen LogP contribution in [0.4, 0.5) is 5.69 Å². The van der Waals surface area contributed by atoms with E-state index in [0.717, 1.165) is 11.1 Å². The first-order valence-corrected chi connectivity index (χ1v) is 7.78. The van der Waals surface area contributed by atoms with Crippen molar-refractivity contribution < 1.29 is 9.32 Å². The van der Waals surface area contributed by atoms with E-state index >= 15 is 0 Å². The van der Waals surface area contributed by atoms with Crippen molar-refractivity contribution in [2.24, 2.45) is 4.99 Å². The normalized spacial score (nSPS) is 16.2. The van der Waals surface area contributed by atoms with Gasteiger partial charge in [0, 0.05) is 22.4 Å². The Morgan fingerprint density at radius 1 is 1.12 bits per heavy atom. The van der Waals surface area contributed by atoms with Crippen molar-refractivity contribution in [1.29, 1.82) is 0 Å². The molecule has 5 nitrogen and oxygen atoms in total. The van der Waals surface area contributed by atoms with E-state index in [-0.39, 0.29) is 11.7 Å². The molecule has 1 aromatic heterocycles. The molecule has 0 saturated carbocycles. The highest BCUT2D eigenvalue weighted by Gasteiger charge is 2.31. The van der Waals surface area contributed by atoms with Crippen LogP contribution in [0, 0.1) is 6.92 Å². The fraction of sp³-hybridized carbons (Fsp3) is 0.111. The maximum Gasteiger partial charge on any atom is 0.243 e. The van der Waals surface area contributed by atoms with Crippen LogP contribution in [0.1, 0.15) is 27.7 Å². The SMILES string of the molecule is Cc1ccc2c(c1)C(=O)C(c1nc(-c3ccc(Cl)cc3)no1)C=N2. The van der Waals surface area contributed by atoms with Gasteiger partial charge in [0.25, 0.3) is 0 Å². The van der Waals surface area contributed by atoms with Crippen LogP contribution in [0.15, 0.2) is 52.0 Å². The van der Waals surface area contributed by atoms with Crippen LogP contribution in [-0.2, 0) is 0 Å². The third-order valence-electron chi connectivity index (χ3n) is 3.87. The largest absolute Gasteiger partial charge is 0.338 e. The first-order valence-electron chi connectivity index (χ1n) is 7.40. The predicted octanol–water partition coefficient (Wildman–Crippen LogP) is 4.38. The number of halogens is 1. The Kier molecular flexibility index (Phi) is 3.50. The van der Waals surface area contributed by atoms with E-state index < -0.39 is 5.92 Å². The van der Waals surface area contributed by atoms with E-state index in [9.17, 15) is 4.79 Å². The molecule has 1 atom stereocenters. The van der Waals surface area contributed by atoms with Gasteiger partial charge in [0.2, 0.25) is 11.7 Å². The summed E-state index contributed by atoms with van der Waals surface area (Å²) >= 11 is 5.88. The fourth-order valence-electron chi connectivity index (χ4n) is 2.60. The molecule has 2 heterocycles. The molecule has 1 aliphatic rings. The quantitative estimate of drug-likeness (QED) is 0.695. The Hall–Kier alpha value is -2.79. The molecular formula is C18H12ClN3O2. The van der Waals surface area contributed by atoms with Crippen molar-refractivity contribution in [3.63, 3.8) is 0 Å². The minimum atomic E-state index is -0.659. The average molecular weight is 338 g/mol. The number of fused-ring (bicyclic) bond motifs is 1. The molecule has 4 rings (SSSR count). The van der Waals surface area contributed by atoms with Crippen LogP contribution < -0.4 is 0 Å². The number of aromatic nitrogens is 2. The summed E-state index contributed by atoms with van der Waals surface area (Å²) < 4.78 is 5.30. The van der Waals surface area contributed by atoms with Gasteiger partial charge in [-0.25, -0.2) is 0 Å². The smallest absolute Gasteiger partial charge is 0.243 e. The zero-order chi connectivity index (χ0) is 16.7. The van der Waals surface area contributed by atoms with Crippen LogP contribution >= 0.6 is 11.6 Å². The summed E-state index contributed by atoms with van der Waals surface area (Å²) in [4.78, 5) is 21.4. The van der Waals surface area contributed by atoms with Gasteiger partial charge in [-0.05, 0) is 43.3 Å². The summed E-state index contributed by atoms with van der Waals surface area (Å²) in [5.74, 6) is -0.0957. The fourth-order valence-corrected chi connectivity index (χ4v) is 2.73. The van der Waals surface area contributed by atoms with E-state index in [2.05, 4.69) is 15.1 Å². The number of aryl methyl sites for hydroxylation is 1. The Labute approximate surface area is 143 Å². The maximum atomic E-state index is 12.7. The molecule has 1 unspecified atom stereocenters. The number of nitrogens with zero attached hydrogens (tertiary/aromatic N) is 3. The highest BCUT2D eigenvalue weighted by atomic mass is 35.5. The highest BCUT2D eigenvalue weighted by Crippen LogP contribution is 2.31. The van der Waals surface area contributed by atoms with Crippen LogP contribution in [-0.4, -0.2) is 22.1 Å². The number of aliphatic imine (C=N–C) groups is 1. The second-order valence-corrected chi connectivity index (χ2v) is 6.04. The lowest BCUT2D eigenvalue weighted by atomic mass is 9.93. The number of ketones is 1. The summed E-state index contributed by atoms with van der Waals surface area (Å²) in [5, 5.41) is 4.58. The van der Waals surface area contributed by atoms with Crippen molar-refractivity contribution in [3.8, 4) is 11.4 Å². The van der Waals surface area contributed by atoms with Gasteiger partial charge in [-0.15, -0.1) is 0 Å². The number of rotatable bonds is 2. The summed E-state index contributed by atoms with van der Waals surface area (Å²) in [6.07, 6.45) is 1.55. The molecule has 3 aromatic rings. The molecular weight excluding hydrogens is 326 g/mol. The van der Waals surface area contributed by atoms with Gasteiger partial charge in [0.05, 0.1) is 5.69 Å². The van der Waals surface area contributed by atoms with E-state index in [1.165, 1.54) is 0 Å². The first-order chi connectivity index (χ1) is 11.6. The standard InChI is InChI=1S/C18H12ClN3O2/c1-10-2-7-15-13(8-10)16(23)14(9-20-15)18-21-17(22-24-18)11-3-5-12(19)6-4-11/h2-9,14H,1H3. The average Bonchev–Trinajstić information content (AvgIpc) is 3.06. The molecule has 0 fully saturated rings. The van der Waals surface area contributed by atoms with Crippen molar-refractivity contribution in [2.75, 3.05) is 0 Å². The third-order valence-corrected chi connectivity index (χ3v) is 4.12. The van der Waals surface area contributed by atoms with E-state index in [0.29, 0.717) is 22.1 Å². The predicted molar refractivity (Wildman–Crippen MR) is 91.1 cm³/mol. The highest BCUT2D eigenvalue weighted by molar-refractivity contribution is 6.30. The van der Waals surface area contributed by atoms with Crippen LogP contribution in [0.5, 0.6) is 0 Å². The molecule has 0 spiro atoms. The van der Waals surface area contributed by atoms with Crippen molar-refractivity contribution in [1.82, 2.24) is 10.1 Å². The van der Waals surface area contributed by atoms with Gasteiger partial charge < -0.3 is 4.52 Å². The molecule has 0 amide bonds. The van der Waals surface area contributed by atoms with Crippen molar-refractivity contribution in [3.05, 3.63) is 64.5 Å². The Morgan fingerprint density at radius 2 is 1.92 bits per heavy atom. The van der Waals surface area contributed by atoms with Crippen molar-refractivity contribution in [2.45, 2.75) is 12.8 Å². The molecule has 6 heteroatoms. The zero-order valence-electron chi connectivity index (χ0n) is 12.7. The molecule has 0 radical (unpaired) electrons. The minimum Gasteiger partial charge on any atom is -0.338 e. The number of hydrogen-bond donors (Lipinski definition) is 0. The number of carbonyl (C=O) groups is 1. The van der Waals surface area contributed by atoms with Crippen LogP contribution in [0.2, 0.25) is 5.02 Å². The maximum absolute atomic E-state index is 12.7. The summed E-state index contributed by atoms with van der Waals surface area (Å²) in [5.41, 5.74) is 3.02. The molecule has 24 heavy (non-hydrogen) atoms. The monoisotopic (exact) mass is 337 g/mol. The molecule has 0 aliphatic carbocycles.